The van der Waals surface area contributed by atoms with Crippen LogP contribution >= 0.6 is 0 Å². The topological polar surface area (TPSA) is 57.6 Å². The number of aldehydes is 1. The van der Waals surface area contributed by atoms with Crippen LogP contribution in [0.1, 0.15) is 19.3 Å². The Balaban J connectivity index is 2.58. The van der Waals surface area contributed by atoms with Gasteiger partial charge < -0.3 is 14.8 Å². The van der Waals surface area contributed by atoms with Crippen LogP contribution in [0.2, 0.25) is 0 Å². The summed E-state index contributed by atoms with van der Waals surface area (Å²) in [6.45, 7) is 3.73. The zero-order valence-corrected chi connectivity index (χ0v) is 7.85. The minimum absolute atomic E-state index is 0.250. The number of carbonyl (C=O) groups excluding carboxylic acids is 1. The molecule has 0 unspecified atom stereocenters. The van der Waals surface area contributed by atoms with E-state index in [1.165, 1.54) is 6.20 Å². The molecule has 0 aromatic rings. The quantitative estimate of drug-likeness (QED) is 0.510. The van der Waals surface area contributed by atoms with Gasteiger partial charge in [-0.3, -0.25) is 0 Å². The van der Waals surface area contributed by atoms with E-state index in [4.69, 9.17) is 5.11 Å². The summed E-state index contributed by atoms with van der Waals surface area (Å²) >= 11 is 0. The van der Waals surface area contributed by atoms with Gasteiger partial charge >= 0.3 is 5.97 Å². The number of aliphatic carboxylic acids is 1. The van der Waals surface area contributed by atoms with Gasteiger partial charge in [0.1, 0.15) is 6.29 Å². The Morgan fingerprint density at radius 3 is 2.64 bits per heavy atom. The molecule has 0 aromatic carbocycles. The minimum Gasteiger partial charge on any atom is -0.478 e. The zero-order valence-electron chi connectivity index (χ0n) is 7.85. The van der Waals surface area contributed by atoms with E-state index in [1.807, 2.05) is 0 Å². The Morgan fingerprint density at radius 1 is 1.57 bits per heavy atom. The van der Waals surface area contributed by atoms with Crippen molar-refractivity contribution in [3.63, 3.8) is 0 Å². The van der Waals surface area contributed by atoms with Gasteiger partial charge in [0.05, 0.1) is 0 Å². The Morgan fingerprint density at radius 2 is 2.21 bits per heavy atom. The normalized spacial score (nSPS) is 15.4. The van der Waals surface area contributed by atoms with Crippen LogP contribution in [0, 0.1) is 0 Å². The highest BCUT2D eigenvalue weighted by Gasteiger charge is 2.28. The maximum atomic E-state index is 10.3. The molecular formula is C10H13NO3. The van der Waals surface area contributed by atoms with E-state index in [0.29, 0.717) is 11.7 Å². The molecule has 0 saturated heterocycles. The Hall–Kier alpha value is -1.58. The lowest BCUT2D eigenvalue weighted by molar-refractivity contribution is -0.131. The van der Waals surface area contributed by atoms with E-state index in [-0.39, 0.29) is 6.42 Å². The van der Waals surface area contributed by atoms with E-state index in [9.17, 15) is 9.59 Å². The molecule has 0 amide bonds. The van der Waals surface area contributed by atoms with Crippen LogP contribution in [0.15, 0.2) is 24.6 Å². The number of carbonyl (C=O) groups is 2. The number of hydrogen-bond acceptors (Lipinski definition) is 3. The summed E-state index contributed by atoms with van der Waals surface area (Å²) in [6, 6.07) is 0.332. The summed E-state index contributed by atoms with van der Waals surface area (Å²) in [6.07, 6.45) is 5.62. The van der Waals surface area contributed by atoms with Gasteiger partial charge in [-0.15, -0.1) is 0 Å². The molecule has 0 atom stereocenters. The molecule has 76 valence electrons. The van der Waals surface area contributed by atoms with Crippen molar-refractivity contribution in [3.8, 4) is 0 Å². The van der Waals surface area contributed by atoms with Gasteiger partial charge in [-0.05, 0) is 12.8 Å². The van der Waals surface area contributed by atoms with Crippen molar-refractivity contribution < 1.29 is 14.7 Å². The lowest BCUT2D eigenvalue weighted by Gasteiger charge is -2.20. The lowest BCUT2D eigenvalue weighted by atomic mass is 10.3. The molecule has 1 fully saturated rings. The third-order valence-electron chi connectivity index (χ3n) is 2.00. The monoisotopic (exact) mass is 195 g/mol. The van der Waals surface area contributed by atoms with E-state index >= 15 is 0 Å². The second-order valence-corrected chi connectivity index (χ2v) is 3.23. The molecule has 1 saturated carbocycles. The molecule has 0 radical (unpaired) electrons. The van der Waals surface area contributed by atoms with Crippen LogP contribution in [0.5, 0.6) is 0 Å². The van der Waals surface area contributed by atoms with Crippen LogP contribution < -0.4 is 0 Å². The van der Waals surface area contributed by atoms with E-state index in [2.05, 4.69) is 6.58 Å². The molecule has 1 rings (SSSR count). The molecule has 4 nitrogen and oxygen atoms in total. The number of nitrogens with zero attached hydrogens (tertiary/aromatic N) is 1. The van der Waals surface area contributed by atoms with Crippen LogP contribution in [-0.2, 0) is 9.59 Å². The van der Waals surface area contributed by atoms with Crippen molar-refractivity contribution in [3.05, 3.63) is 24.6 Å². The summed E-state index contributed by atoms with van der Waals surface area (Å²) in [5.74, 6) is -0.991. The van der Waals surface area contributed by atoms with Gasteiger partial charge in [0, 0.05) is 30.4 Å². The summed E-state index contributed by atoms with van der Waals surface area (Å²) in [5, 5.41) is 8.46. The number of rotatable bonds is 6. The van der Waals surface area contributed by atoms with Crippen molar-refractivity contribution in [2.45, 2.75) is 25.3 Å². The maximum Gasteiger partial charge on any atom is 0.329 e. The van der Waals surface area contributed by atoms with Crippen molar-refractivity contribution in [2.75, 3.05) is 0 Å². The molecule has 0 aromatic heterocycles. The first kappa shape index (κ1) is 10.5. The first-order valence-electron chi connectivity index (χ1n) is 4.46. The number of allylic oxidation sites excluding steroid dienone is 1. The first-order chi connectivity index (χ1) is 6.65. The molecule has 14 heavy (non-hydrogen) atoms. The largest absolute Gasteiger partial charge is 0.478 e. The molecule has 0 heterocycles. The second-order valence-electron chi connectivity index (χ2n) is 3.23. The van der Waals surface area contributed by atoms with Gasteiger partial charge in [-0.2, -0.15) is 0 Å². The van der Waals surface area contributed by atoms with Gasteiger partial charge in [-0.25, -0.2) is 4.79 Å². The molecular weight excluding hydrogens is 182 g/mol. The third-order valence-corrected chi connectivity index (χ3v) is 2.00. The number of carboxylic acids is 1. The van der Waals surface area contributed by atoms with E-state index in [1.54, 1.807) is 4.90 Å². The van der Waals surface area contributed by atoms with Crippen LogP contribution in [0.4, 0.5) is 0 Å². The van der Waals surface area contributed by atoms with Crippen molar-refractivity contribution in [1.29, 1.82) is 0 Å². The summed E-state index contributed by atoms with van der Waals surface area (Å²) in [4.78, 5) is 22.4. The average Bonchev–Trinajstić information content (AvgIpc) is 2.88. The SMILES string of the molecule is C=C(CC=O)N(/C=C/C(=O)O)C1CC1. The Kier molecular flexibility index (Phi) is 3.45. The highest BCUT2D eigenvalue weighted by atomic mass is 16.4. The molecule has 1 aliphatic carbocycles. The predicted octanol–water partition coefficient (Wildman–Crippen LogP) is 1.15. The fourth-order valence-corrected chi connectivity index (χ4v) is 1.18. The van der Waals surface area contributed by atoms with Crippen molar-refractivity contribution in [2.24, 2.45) is 0 Å². The lowest BCUT2D eigenvalue weighted by Crippen LogP contribution is -2.19. The molecule has 1 aliphatic rings. The van der Waals surface area contributed by atoms with Gasteiger partial charge in [0.15, 0.2) is 0 Å². The fourth-order valence-electron chi connectivity index (χ4n) is 1.18. The smallest absolute Gasteiger partial charge is 0.329 e. The summed E-state index contributed by atoms with van der Waals surface area (Å²) < 4.78 is 0. The Bertz CT molecular complexity index is 279. The van der Waals surface area contributed by atoms with Gasteiger partial charge in [0.2, 0.25) is 0 Å². The minimum atomic E-state index is -0.991. The molecule has 1 N–H and O–H groups in total. The van der Waals surface area contributed by atoms with Gasteiger partial charge in [-0.1, -0.05) is 6.58 Å². The fraction of sp³-hybridized carbons (Fsp3) is 0.400. The predicted molar refractivity (Wildman–Crippen MR) is 51.5 cm³/mol. The highest BCUT2D eigenvalue weighted by molar-refractivity contribution is 5.79. The molecule has 0 spiro atoms. The molecule has 0 bridgehead atoms. The zero-order chi connectivity index (χ0) is 10.6. The van der Waals surface area contributed by atoms with E-state index < -0.39 is 5.97 Å². The third kappa shape index (κ3) is 3.05. The van der Waals surface area contributed by atoms with E-state index in [0.717, 1.165) is 25.2 Å². The summed E-state index contributed by atoms with van der Waals surface area (Å²) in [5.41, 5.74) is 0.653. The van der Waals surface area contributed by atoms with Crippen molar-refractivity contribution in [1.82, 2.24) is 4.90 Å². The molecule has 0 aliphatic heterocycles. The summed E-state index contributed by atoms with van der Waals surface area (Å²) in [7, 11) is 0. The van der Waals surface area contributed by atoms with Crippen LogP contribution in [0.3, 0.4) is 0 Å². The first-order valence-corrected chi connectivity index (χ1v) is 4.46. The standard InChI is InChI=1S/C10H13NO3/c1-8(5-7-12)11(9-2-3-9)6-4-10(13)14/h4,6-7,9H,1-3,5H2,(H,13,14)/b6-4+. The van der Waals surface area contributed by atoms with Crippen LogP contribution in [-0.4, -0.2) is 28.3 Å². The number of hydrogen-bond donors (Lipinski definition) is 1. The second kappa shape index (κ2) is 4.60. The van der Waals surface area contributed by atoms with Crippen molar-refractivity contribution >= 4 is 12.3 Å². The average molecular weight is 195 g/mol. The highest BCUT2D eigenvalue weighted by Crippen LogP contribution is 2.30. The number of carboxylic acid groups (broad SMARTS) is 1. The maximum absolute atomic E-state index is 10.3. The van der Waals surface area contributed by atoms with Crippen LogP contribution in [0.25, 0.3) is 0 Å². The molecule has 4 heteroatoms. The van der Waals surface area contributed by atoms with Gasteiger partial charge in [0.25, 0.3) is 0 Å². The Labute approximate surface area is 82.5 Å².